The van der Waals surface area contributed by atoms with E-state index >= 15 is 0 Å². The molecule has 7 nitrogen and oxygen atoms in total. The number of benzene rings is 1. The van der Waals surface area contributed by atoms with Gasteiger partial charge in [-0.05, 0) is 37.0 Å². The number of methoxy groups -OCH3 is 1. The summed E-state index contributed by atoms with van der Waals surface area (Å²) in [6, 6.07) is 7.46. The Hall–Kier alpha value is -2.83. The van der Waals surface area contributed by atoms with Gasteiger partial charge in [0.15, 0.2) is 0 Å². The first kappa shape index (κ1) is 17.0. The van der Waals surface area contributed by atoms with E-state index in [1.54, 1.807) is 13.3 Å². The second-order valence-electron chi connectivity index (χ2n) is 6.09. The van der Waals surface area contributed by atoms with Crippen molar-refractivity contribution >= 4 is 11.8 Å². The van der Waals surface area contributed by atoms with E-state index < -0.39 is 0 Å². The number of aromatic amines is 1. The smallest absolute Gasteiger partial charge is 0.239 e. The molecule has 1 heterocycles. The Morgan fingerprint density at radius 1 is 1.28 bits per heavy atom. The highest BCUT2D eigenvalue weighted by Gasteiger charge is 2.27. The molecule has 2 amide bonds. The minimum Gasteiger partial charge on any atom is -0.497 e. The highest BCUT2D eigenvalue weighted by molar-refractivity contribution is 5.88. The van der Waals surface area contributed by atoms with Crippen LogP contribution in [0, 0.1) is 0 Å². The van der Waals surface area contributed by atoms with Crippen molar-refractivity contribution in [3.05, 3.63) is 47.3 Å². The lowest BCUT2D eigenvalue weighted by Gasteiger charge is -2.20. The summed E-state index contributed by atoms with van der Waals surface area (Å²) in [4.78, 5) is 24.3. The summed E-state index contributed by atoms with van der Waals surface area (Å²) in [5.41, 5.74) is 2.94. The highest BCUT2D eigenvalue weighted by atomic mass is 16.5. The molecule has 0 unspecified atom stereocenters. The Morgan fingerprint density at radius 3 is 2.84 bits per heavy atom. The number of carbonyl (C=O) groups is 2. The Bertz CT molecular complexity index is 739. The molecular weight excluding hydrogens is 320 g/mol. The molecule has 1 aliphatic carbocycles. The van der Waals surface area contributed by atoms with Crippen molar-refractivity contribution in [3.63, 3.8) is 0 Å². The number of H-pyrrole nitrogens is 1. The van der Waals surface area contributed by atoms with E-state index in [9.17, 15) is 9.59 Å². The van der Waals surface area contributed by atoms with Gasteiger partial charge in [0.1, 0.15) is 5.75 Å². The van der Waals surface area contributed by atoms with Crippen LogP contribution in [0.25, 0.3) is 0 Å². The van der Waals surface area contributed by atoms with E-state index in [0.29, 0.717) is 6.54 Å². The molecule has 3 rings (SSSR count). The number of hydrogen-bond donors (Lipinski definition) is 3. The largest absolute Gasteiger partial charge is 0.497 e. The first-order valence-corrected chi connectivity index (χ1v) is 8.37. The molecule has 0 radical (unpaired) electrons. The molecule has 1 aliphatic rings. The number of aryl methyl sites for hydroxylation is 1. The van der Waals surface area contributed by atoms with Crippen LogP contribution in [-0.4, -0.2) is 35.7 Å². The SMILES string of the molecule is COc1ccc(CNC(=O)CNC(=O)[C@H]2CCCc3[nH]ncc32)cc1. The third-order valence-corrected chi connectivity index (χ3v) is 4.43. The third-order valence-electron chi connectivity index (χ3n) is 4.43. The molecule has 1 aromatic carbocycles. The van der Waals surface area contributed by atoms with Crippen molar-refractivity contribution in [3.8, 4) is 5.75 Å². The Balaban J connectivity index is 1.45. The zero-order chi connectivity index (χ0) is 17.6. The quantitative estimate of drug-likeness (QED) is 0.737. The number of carbonyl (C=O) groups excluding carboxylic acids is 2. The molecule has 0 spiro atoms. The fraction of sp³-hybridized carbons (Fsp3) is 0.389. The summed E-state index contributed by atoms with van der Waals surface area (Å²) in [5.74, 6) is 0.208. The number of ether oxygens (including phenoxy) is 1. The predicted molar refractivity (Wildman–Crippen MR) is 92.1 cm³/mol. The second kappa shape index (κ2) is 7.83. The summed E-state index contributed by atoms with van der Waals surface area (Å²) in [5, 5.41) is 12.5. The van der Waals surface area contributed by atoms with E-state index in [1.807, 2.05) is 24.3 Å². The average molecular weight is 342 g/mol. The number of hydrogen-bond acceptors (Lipinski definition) is 4. The molecular formula is C18H22N4O3. The molecule has 0 saturated carbocycles. The number of rotatable bonds is 6. The zero-order valence-corrected chi connectivity index (χ0v) is 14.2. The summed E-state index contributed by atoms with van der Waals surface area (Å²) in [6.07, 6.45) is 4.35. The van der Waals surface area contributed by atoms with Gasteiger partial charge in [-0.3, -0.25) is 14.7 Å². The van der Waals surface area contributed by atoms with Gasteiger partial charge in [0, 0.05) is 17.8 Å². The fourth-order valence-electron chi connectivity index (χ4n) is 3.03. The van der Waals surface area contributed by atoms with Gasteiger partial charge >= 0.3 is 0 Å². The van der Waals surface area contributed by atoms with Crippen molar-refractivity contribution in [2.45, 2.75) is 31.7 Å². The van der Waals surface area contributed by atoms with E-state index in [0.717, 1.165) is 41.8 Å². The molecule has 0 aliphatic heterocycles. The topological polar surface area (TPSA) is 96.1 Å². The summed E-state index contributed by atoms with van der Waals surface area (Å²) in [7, 11) is 1.61. The van der Waals surface area contributed by atoms with Gasteiger partial charge in [-0.25, -0.2) is 0 Å². The van der Waals surface area contributed by atoms with Crippen LogP contribution in [-0.2, 0) is 22.6 Å². The van der Waals surface area contributed by atoms with Crippen LogP contribution in [0.1, 0.15) is 35.6 Å². The molecule has 0 saturated heterocycles. The molecule has 0 bridgehead atoms. The Kier molecular flexibility index (Phi) is 5.33. The van der Waals surface area contributed by atoms with Crippen molar-refractivity contribution in [2.75, 3.05) is 13.7 Å². The second-order valence-corrected chi connectivity index (χ2v) is 6.09. The van der Waals surface area contributed by atoms with Gasteiger partial charge in [-0.2, -0.15) is 5.10 Å². The summed E-state index contributed by atoms with van der Waals surface area (Å²) in [6.45, 7) is 0.382. The maximum atomic E-state index is 12.4. The van der Waals surface area contributed by atoms with E-state index in [-0.39, 0.29) is 24.3 Å². The maximum absolute atomic E-state index is 12.4. The third kappa shape index (κ3) is 4.17. The Labute approximate surface area is 146 Å². The molecule has 1 atom stereocenters. The minimum absolute atomic E-state index is 0.0291. The van der Waals surface area contributed by atoms with Crippen molar-refractivity contribution in [2.24, 2.45) is 0 Å². The molecule has 25 heavy (non-hydrogen) atoms. The van der Waals surface area contributed by atoms with E-state index in [2.05, 4.69) is 20.8 Å². The van der Waals surface area contributed by atoms with Crippen LogP contribution in [0.5, 0.6) is 5.75 Å². The van der Waals surface area contributed by atoms with Crippen molar-refractivity contribution in [1.29, 1.82) is 0 Å². The van der Waals surface area contributed by atoms with Crippen LogP contribution in [0.4, 0.5) is 0 Å². The number of fused-ring (bicyclic) bond motifs is 1. The fourth-order valence-corrected chi connectivity index (χ4v) is 3.03. The molecule has 7 heteroatoms. The monoisotopic (exact) mass is 342 g/mol. The van der Waals surface area contributed by atoms with E-state index in [1.165, 1.54) is 0 Å². The van der Waals surface area contributed by atoms with Gasteiger partial charge in [-0.1, -0.05) is 12.1 Å². The van der Waals surface area contributed by atoms with Gasteiger partial charge in [0.05, 0.1) is 25.8 Å². The molecule has 3 N–H and O–H groups in total. The molecule has 132 valence electrons. The lowest BCUT2D eigenvalue weighted by Crippen LogP contribution is -2.39. The first-order chi connectivity index (χ1) is 12.2. The van der Waals surface area contributed by atoms with Gasteiger partial charge in [0.25, 0.3) is 0 Å². The Morgan fingerprint density at radius 2 is 2.08 bits per heavy atom. The number of nitrogens with zero attached hydrogens (tertiary/aromatic N) is 1. The maximum Gasteiger partial charge on any atom is 0.239 e. The van der Waals surface area contributed by atoms with Crippen LogP contribution >= 0.6 is 0 Å². The first-order valence-electron chi connectivity index (χ1n) is 8.37. The van der Waals surface area contributed by atoms with Crippen LogP contribution in [0.2, 0.25) is 0 Å². The average Bonchev–Trinajstić information content (AvgIpc) is 3.13. The summed E-state index contributed by atoms with van der Waals surface area (Å²) >= 11 is 0. The minimum atomic E-state index is -0.225. The predicted octanol–water partition coefficient (Wildman–Crippen LogP) is 1.27. The zero-order valence-electron chi connectivity index (χ0n) is 14.2. The summed E-state index contributed by atoms with van der Waals surface area (Å²) < 4.78 is 5.09. The lowest BCUT2D eigenvalue weighted by molar-refractivity contribution is -0.127. The highest BCUT2D eigenvalue weighted by Crippen LogP contribution is 2.30. The standard InChI is InChI=1S/C18H22N4O3/c1-25-13-7-5-12(6-8-13)9-19-17(23)11-20-18(24)14-3-2-4-16-15(14)10-21-22-16/h5-8,10,14H,2-4,9,11H2,1H3,(H,19,23)(H,20,24)(H,21,22)/t14-/m0/s1. The van der Waals surface area contributed by atoms with Crippen molar-refractivity contribution < 1.29 is 14.3 Å². The van der Waals surface area contributed by atoms with Gasteiger partial charge < -0.3 is 15.4 Å². The molecule has 2 aromatic rings. The lowest BCUT2D eigenvalue weighted by atomic mass is 9.86. The van der Waals surface area contributed by atoms with Crippen LogP contribution in [0.15, 0.2) is 30.5 Å². The number of amides is 2. The van der Waals surface area contributed by atoms with E-state index in [4.69, 9.17) is 4.74 Å². The van der Waals surface area contributed by atoms with Crippen LogP contribution < -0.4 is 15.4 Å². The van der Waals surface area contributed by atoms with Gasteiger partial charge in [-0.15, -0.1) is 0 Å². The van der Waals surface area contributed by atoms with Gasteiger partial charge in [0.2, 0.25) is 11.8 Å². The molecule has 1 aromatic heterocycles. The number of aromatic nitrogens is 2. The number of nitrogens with one attached hydrogen (secondary N) is 3. The van der Waals surface area contributed by atoms with Crippen LogP contribution in [0.3, 0.4) is 0 Å². The van der Waals surface area contributed by atoms with Crippen molar-refractivity contribution in [1.82, 2.24) is 20.8 Å². The molecule has 0 fully saturated rings. The normalized spacial score (nSPS) is 16.0.